The predicted molar refractivity (Wildman–Crippen MR) is 86.1 cm³/mol. The summed E-state index contributed by atoms with van der Waals surface area (Å²) in [5.74, 6) is 0. The lowest BCUT2D eigenvalue weighted by atomic mass is 10.1. The van der Waals surface area contributed by atoms with Crippen molar-refractivity contribution in [3.05, 3.63) is 82.4 Å². The van der Waals surface area contributed by atoms with Gasteiger partial charge < -0.3 is 0 Å². The second-order valence-corrected chi connectivity index (χ2v) is 5.37. The highest BCUT2D eigenvalue weighted by molar-refractivity contribution is 5.48. The monoisotopic (exact) mass is 363 g/mol. The Bertz CT molecular complexity index is 878. The normalized spacial score (nSPS) is 11.3. The molecule has 0 amide bonds. The van der Waals surface area contributed by atoms with Gasteiger partial charge in [0.15, 0.2) is 0 Å². The number of nitrogens with zero attached hydrogens (tertiary/aromatic N) is 5. The fourth-order valence-electron chi connectivity index (χ4n) is 2.34. The fraction of sp³-hybridized carbons (Fsp3) is 0.125. The Balaban J connectivity index is 1.90. The third kappa shape index (κ3) is 3.79. The van der Waals surface area contributed by atoms with E-state index in [9.17, 15) is 23.3 Å². The molecule has 134 valence electrons. The molecular weight excluding hydrogens is 351 g/mol. The zero-order valence-electron chi connectivity index (χ0n) is 13.2. The molecule has 0 radical (unpaired) electrons. The van der Waals surface area contributed by atoms with Gasteiger partial charge in [0.1, 0.15) is 12.7 Å². The number of alkyl halides is 3. The molecule has 0 N–H and O–H groups in total. The maximum Gasteiger partial charge on any atom is 0.416 e. The highest BCUT2D eigenvalue weighted by Crippen LogP contribution is 2.31. The first kappa shape index (κ1) is 17.4. The average molecular weight is 363 g/mol. The SMILES string of the molecule is O=[N+]([O-])c1ccc(CN(c2ccc(C(F)(F)F)cc2)n2cnnc2)cc1. The van der Waals surface area contributed by atoms with Crippen LogP contribution in [0.4, 0.5) is 24.5 Å². The summed E-state index contributed by atoms with van der Waals surface area (Å²) >= 11 is 0. The van der Waals surface area contributed by atoms with Gasteiger partial charge in [-0.1, -0.05) is 12.1 Å². The van der Waals surface area contributed by atoms with Crippen molar-refractivity contribution in [2.24, 2.45) is 0 Å². The van der Waals surface area contributed by atoms with E-state index in [4.69, 9.17) is 0 Å². The smallest absolute Gasteiger partial charge is 0.275 e. The van der Waals surface area contributed by atoms with Crippen LogP contribution in [0.3, 0.4) is 0 Å². The minimum atomic E-state index is -4.42. The molecule has 26 heavy (non-hydrogen) atoms. The van der Waals surface area contributed by atoms with Crippen molar-refractivity contribution in [3.8, 4) is 0 Å². The highest BCUT2D eigenvalue weighted by atomic mass is 19.4. The van der Waals surface area contributed by atoms with Crippen molar-refractivity contribution in [1.82, 2.24) is 14.9 Å². The molecule has 0 spiro atoms. The summed E-state index contributed by atoms with van der Waals surface area (Å²) in [5, 5.41) is 19.8. The zero-order chi connectivity index (χ0) is 18.7. The molecule has 0 bridgehead atoms. The molecule has 0 aliphatic heterocycles. The van der Waals surface area contributed by atoms with Gasteiger partial charge in [0.2, 0.25) is 0 Å². The van der Waals surface area contributed by atoms with Crippen LogP contribution in [-0.2, 0) is 12.7 Å². The van der Waals surface area contributed by atoms with Gasteiger partial charge in [0, 0.05) is 12.1 Å². The molecule has 1 aromatic heterocycles. The van der Waals surface area contributed by atoms with Gasteiger partial charge >= 0.3 is 6.18 Å². The molecule has 3 aromatic rings. The largest absolute Gasteiger partial charge is 0.416 e. The van der Waals surface area contributed by atoms with Crippen LogP contribution in [0.15, 0.2) is 61.2 Å². The Morgan fingerprint density at radius 3 is 2.08 bits per heavy atom. The Kier molecular flexibility index (Phi) is 4.57. The van der Waals surface area contributed by atoms with E-state index in [0.29, 0.717) is 5.69 Å². The van der Waals surface area contributed by atoms with E-state index in [-0.39, 0.29) is 12.2 Å². The number of hydrogen-bond donors (Lipinski definition) is 0. The molecule has 0 atom stereocenters. The first-order valence-electron chi connectivity index (χ1n) is 7.37. The van der Waals surface area contributed by atoms with E-state index in [2.05, 4.69) is 10.2 Å². The summed E-state index contributed by atoms with van der Waals surface area (Å²) in [4.78, 5) is 10.2. The molecule has 0 saturated heterocycles. The lowest BCUT2D eigenvalue weighted by Gasteiger charge is -2.25. The van der Waals surface area contributed by atoms with Crippen molar-refractivity contribution in [3.63, 3.8) is 0 Å². The topological polar surface area (TPSA) is 77.1 Å². The molecular formula is C16H12F3N5O2. The van der Waals surface area contributed by atoms with Crippen LogP contribution in [0.2, 0.25) is 0 Å². The molecule has 2 aromatic carbocycles. The van der Waals surface area contributed by atoms with Crippen molar-refractivity contribution in [2.45, 2.75) is 12.7 Å². The Morgan fingerprint density at radius 2 is 1.58 bits per heavy atom. The molecule has 0 aliphatic rings. The number of nitro benzene ring substituents is 1. The maximum atomic E-state index is 12.8. The summed E-state index contributed by atoms with van der Waals surface area (Å²) < 4.78 is 39.8. The lowest BCUT2D eigenvalue weighted by molar-refractivity contribution is -0.384. The van der Waals surface area contributed by atoms with E-state index >= 15 is 0 Å². The van der Waals surface area contributed by atoms with Crippen LogP contribution in [0.1, 0.15) is 11.1 Å². The maximum absolute atomic E-state index is 12.8. The fourth-order valence-corrected chi connectivity index (χ4v) is 2.34. The Hall–Kier alpha value is -3.43. The number of nitro groups is 1. The lowest BCUT2D eigenvalue weighted by Crippen LogP contribution is -2.27. The third-order valence-electron chi connectivity index (χ3n) is 3.66. The second-order valence-electron chi connectivity index (χ2n) is 5.37. The number of benzene rings is 2. The van der Waals surface area contributed by atoms with Crippen molar-refractivity contribution in [2.75, 3.05) is 5.01 Å². The first-order valence-corrected chi connectivity index (χ1v) is 7.37. The van der Waals surface area contributed by atoms with E-state index in [1.165, 1.54) is 41.6 Å². The van der Waals surface area contributed by atoms with Gasteiger partial charge in [-0.05, 0) is 29.8 Å². The standard InChI is InChI=1S/C16H12F3N5O2/c17-16(18,19)13-3-7-14(8-4-13)23(22-10-20-21-11-22)9-12-1-5-15(6-2-12)24(25)26/h1-8,10-11H,9H2. The molecule has 7 nitrogen and oxygen atoms in total. The van der Waals surface area contributed by atoms with Gasteiger partial charge in [-0.3, -0.25) is 15.1 Å². The van der Waals surface area contributed by atoms with Crippen LogP contribution >= 0.6 is 0 Å². The molecule has 3 rings (SSSR count). The van der Waals surface area contributed by atoms with Gasteiger partial charge in [-0.15, -0.1) is 10.2 Å². The second kappa shape index (κ2) is 6.82. The summed E-state index contributed by atoms with van der Waals surface area (Å²) in [7, 11) is 0. The van der Waals surface area contributed by atoms with Gasteiger partial charge in [-0.2, -0.15) is 13.2 Å². The Morgan fingerprint density at radius 1 is 1.00 bits per heavy atom. The highest BCUT2D eigenvalue weighted by Gasteiger charge is 2.30. The number of anilines is 1. The predicted octanol–water partition coefficient (Wildman–Crippen LogP) is 3.68. The first-order chi connectivity index (χ1) is 12.3. The molecule has 0 fully saturated rings. The quantitative estimate of drug-likeness (QED) is 0.511. The summed E-state index contributed by atoms with van der Waals surface area (Å²) in [6.07, 6.45) is -1.61. The summed E-state index contributed by atoms with van der Waals surface area (Å²) in [5.41, 5.74) is 0.416. The Labute approximate surface area is 145 Å². The van der Waals surface area contributed by atoms with Crippen LogP contribution < -0.4 is 5.01 Å². The van der Waals surface area contributed by atoms with Gasteiger partial charge in [0.25, 0.3) is 5.69 Å². The van der Waals surface area contributed by atoms with Gasteiger partial charge in [-0.25, -0.2) is 4.68 Å². The number of rotatable bonds is 5. The van der Waals surface area contributed by atoms with E-state index in [0.717, 1.165) is 17.7 Å². The van der Waals surface area contributed by atoms with Crippen LogP contribution in [0.5, 0.6) is 0 Å². The number of aromatic nitrogens is 3. The molecule has 10 heteroatoms. The van der Waals surface area contributed by atoms with Crippen molar-refractivity contribution < 1.29 is 18.1 Å². The van der Waals surface area contributed by atoms with Crippen LogP contribution in [0, 0.1) is 10.1 Å². The summed E-state index contributed by atoms with van der Waals surface area (Å²) in [6, 6.07) is 10.6. The minimum absolute atomic E-state index is 0.0425. The van der Waals surface area contributed by atoms with Crippen molar-refractivity contribution >= 4 is 11.4 Å². The van der Waals surface area contributed by atoms with Crippen LogP contribution in [-0.4, -0.2) is 19.8 Å². The molecule has 0 aliphatic carbocycles. The molecule has 1 heterocycles. The number of non-ortho nitro benzene ring substituents is 1. The summed E-state index contributed by atoms with van der Waals surface area (Å²) in [6.45, 7) is 0.251. The van der Waals surface area contributed by atoms with Crippen molar-refractivity contribution in [1.29, 1.82) is 0 Å². The van der Waals surface area contributed by atoms with Gasteiger partial charge in [0.05, 0.1) is 22.7 Å². The number of hydrogen-bond acceptors (Lipinski definition) is 5. The minimum Gasteiger partial charge on any atom is -0.275 e. The zero-order valence-corrected chi connectivity index (χ0v) is 13.2. The van der Waals surface area contributed by atoms with E-state index in [1.807, 2.05) is 0 Å². The van der Waals surface area contributed by atoms with E-state index in [1.54, 1.807) is 17.1 Å². The average Bonchev–Trinajstić information content (AvgIpc) is 3.14. The number of halogens is 3. The molecule has 0 unspecified atom stereocenters. The van der Waals surface area contributed by atoms with Crippen LogP contribution in [0.25, 0.3) is 0 Å². The van der Waals surface area contributed by atoms with E-state index < -0.39 is 16.7 Å². The molecule has 0 saturated carbocycles. The third-order valence-corrected chi connectivity index (χ3v) is 3.66.